The number of ether oxygens (including phenoxy) is 1. The van der Waals surface area contributed by atoms with Gasteiger partial charge in [0.1, 0.15) is 18.2 Å². The van der Waals surface area contributed by atoms with Crippen molar-refractivity contribution in [3.05, 3.63) is 98.4 Å². The van der Waals surface area contributed by atoms with E-state index in [0.29, 0.717) is 17.7 Å². The molecule has 4 heteroatoms. The first-order chi connectivity index (χ1) is 13.0. The fourth-order valence-corrected chi connectivity index (χ4v) is 3.38. The van der Waals surface area contributed by atoms with Crippen LogP contribution in [0.3, 0.4) is 0 Å². The fraction of sp³-hybridized carbons (Fsp3) is 0.0870. The van der Waals surface area contributed by atoms with Gasteiger partial charge in [0.2, 0.25) is 0 Å². The lowest BCUT2D eigenvalue weighted by Gasteiger charge is -2.10. The van der Waals surface area contributed by atoms with Crippen LogP contribution in [0.4, 0.5) is 4.39 Å². The molecule has 0 heterocycles. The second kappa shape index (κ2) is 8.83. The minimum Gasteiger partial charge on any atom is -0.488 e. The van der Waals surface area contributed by atoms with Crippen molar-refractivity contribution in [1.29, 1.82) is 5.26 Å². The maximum atomic E-state index is 13.4. The average Bonchev–Trinajstić information content (AvgIpc) is 2.65. The largest absolute Gasteiger partial charge is 0.488 e. The van der Waals surface area contributed by atoms with Crippen molar-refractivity contribution in [2.75, 3.05) is 0 Å². The Bertz CT molecular complexity index is 1040. The molecule has 0 aliphatic rings. The molecule has 0 aliphatic heterocycles. The summed E-state index contributed by atoms with van der Waals surface area (Å²) in [6.45, 7) is 2.55. The highest BCUT2D eigenvalue weighted by Gasteiger charge is 2.06. The minimum atomic E-state index is -0.358. The van der Waals surface area contributed by atoms with Gasteiger partial charge in [-0.25, -0.2) is 4.39 Å². The Labute approximate surface area is 172 Å². The van der Waals surface area contributed by atoms with E-state index in [1.165, 1.54) is 17.7 Å². The lowest BCUT2D eigenvalue weighted by Crippen LogP contribution is -1.97. The Morgan fingerprint density at radius 3 is 2.63 bits per heavy atom. The monoisotopic (exact) mass is 469 g/mol. The lowest BCUT2D eigenvalue weighted by molar-refractivity contribution is 0.304. The molecule has 0 saturated carbocycles. The molecule has 0 spiro atoms. The third-order valence-corrected chi connectivity index (χ3v) is 4.84. The van der Waals surface area contributed by atoms with E-state index in [1.54, 1.807) is 18.2 Å². The van der Waals surface area contributed by atoms with E-state index in [0.717, 1.165) is 20.4 Å². The normalized spacial score (nSPS) is 11.1. The van der Waals surface area contributed by atoms with Crippen LogP contribution in [0.2, 0.25) is 0 Å². The third kappa shape index (κ3) is 5.18. The Hall–Kier alpha value is -2.65. The van der Waals surface area contributed by atoms with Crippen molar-refractivity contribution < 1.29 is 9.13 Å². The fourth-order valence-electron chi connectivity index (χ4n) is 2.69. The number of halogens is 2. The summed E-state index contributed by atoms with van der Waals surface area (Å²) in [6.07, 6.45) is 1.75. The molecule has 0 aliphatic carbocycles. The molecular formula is C23H17FINO. The van der Waals surface area contributed by atoms with Crippen LogP contribution >= 0.6 is 22.6 Å². The molecule has 27 heavy (non-hydrogen) atoms. The van der Waals surface area contributed by atoms with E-state index in [1.807, 2.05) is 30.3 Å². The zero-order valence-corrected chi connectivity index (χ0v) is 16.9. The molecule has 3 aromatic carbocycles. The first kappa shape index (κ1) is 19.1. The van der Waals surface area contributed by atoms with E-state index in [-0.39, 0.29) is 5.82 Å². The van der Waals surface area contributed by atoms with Crippen molar-refractivity contribution in [2.24, 2.45) is 0 Å². The molecule has 0 unspecified atom stereocenters. The zero-order chi connectivity index (χ0) is 19.2. The van der Waals surface area contributed by atoms with E-state index in [9.17, 15) is 9.65 Å². The maximum Gasteiger partial charge on any atom is 0.133 e. The predicted molar refractivity (Wildman–Crippen MR) is 115 cm³/mol. The van der Waals surface area contributed by atoms with Crippen LogP contribution in [0.15, 0.2) is 66.7 Å². The number of rotatable bonds is 5. The molecule has 0 saturated heterocycles. The second-order valence-corrected chi connectivity index (χ2v) is 7.31. The van der Waals surface area contributed by atoms with Crippen LogP contribution in [0.25, 0.3) is 11.6 Å². The molecule has 3 rings (SSSR count). The van der Waals surface area contributed by atoms with Gasteiger partial charge in [-0.2, -0.15) is 5.26 Å². The molecule has 0 N–H and O–H groups in total. The van der Waals surface area contributed by atoms with Crippen molar-refractivity contribution in [3.8, 4) is 11.8 Å². The van der Waals surface area contributed by atoms with Gasteiger partial charge in [-0.1, -0.05) is 48.0 Å². The second-order valence-electron chi connectivity index (χ2n) is 6.15. The van der Waals surface area contributed by atoms with E-state index in [2.05, 4.69) is 47.7 Å². The molecule has 134 valence electrons. The first-order valence-electron chi connectivity index (χ1n) is 8.41. The van der Waals surface area contributed by atoms with E-state index in [4.69, 9.17) is 4.74 Å². The number of benzene rings is 3. The zero-order valence-electron chi connectivity index (χ0n) is 14.7. The molecule has 0 atom stereocenters. The number of hydrogen-bond donors (Lipinski definition) is 0. The van der Waals surface area contributed by atoms with Gasteiger partial charge in [-0.3, -0.25) is 0 Å². The van der Waals surface area contributed by atoms with Gasteiger partial charge in [-0.15, -0.1) is 0 Å². The van der Waals surface area contributed by atoms with Crippen molar-refractivity contribution in [2.45, 2.75) is 13.5 Å². The molecule has 0 amide bonds. The van der Waals surface area contributed by atoms with Gasteiger partial charge in [0.05, 0.1) is 15.2 Å². The highest BCUT2D eigenvalue weighted by Crippen LogP contribution is 2.26. The Morgan fingerprint density at radius 1 is 1.11 bits per heavy atom. The Kier molecular flexibility index (Phi) is 6.25. The van der Waals surface area contributed by atoms with Crippen LogP contribution in [0, 0.1) is 27.6 Å². The summed E-state index contributed by atoms with van der Waals surface area (Å²) in [7, 11) is 0. The van der Waals surface area contributed by atoms with Gasteiger partial charge >= 0.3 is 0 Å². The van der Waals surface area contributed by atoms with E-state index < -0.39 is 0 Å². The van der Waals surface area contributed by atoms with Gasteiger partial charge < -0.3 is 4.74 Å². The Morgan fingerprint density at radius 2 is 1.93 bits per heavy atom. The summed E-state index contributed by atoms with van der Waals surface area (Å²) >= 11 is 2.22. The molecule has 0 radical (unpaired) electrons. The average molecular weight is 469 g/mol. The van der Waals surface area contributed by atoms with Crippen LogP contribution in [0.5, 0.6) is 5.75 Å². The van der Waals surface area contributed by atoms with Crippen LogP contribution in [-0.2, 0) is 6.61 Å². The standard InChI is InChI=1S/C23H17FINO/c1-16-4-2-5-18(10-16)15-27-23-9-8-17(12-22(23)25)11-20(14-26)19-6-3-7-21(24)13-19/h2-13H,15H2,1H3/b20-11-. The first-order valence-corrected chi connectivity index (χ1v) is 9.48. The topological polar surface area (TPSA) is 33.0 Å². The maximum absolute atomic E-state index is 13.4. The molecule has 3 aromatic rings. The highest BCUT2D eigenvalue weighted by molar-refractivity contribution is 14.1. The molecule has 0 aromatic heterocycles. The quantitative estimate of drug-likeness (QED) is 0.247. The number of nitriles is 1. The summed E-state index contributed by atoms with van der Waals surface area (Å²) in [5.74, 6) is 0.432. The molecule has 0 fully saturated rings. The van der Waals surface area contributed by atoms with Crippen LogP contribution in [0.1, 0.15) is 22.3 Å². The number of aryl methyl sites for hydroxylation is 1. The third-order valence-electron chi connectivity index (χ3n) is 4.00. The van der Waals surface area contributed by atoms with E-state index >= 15 is 0 Å². The SMILES string of the molecule is Cc1cccc(COc2ccc(/C=C(/C#N)c3cccc(F)c3)cc2I)c1. The number of allylic oxidation sites excluding steroid dienone is 1. The smallest absolute Gasteiger partial charge is 0.133 e. The number of hydrogen-bond acceptors (Lipinski definition) is 2. The predicted octanol–water partition coefficient (Wildman–Crippen LogP) is 6.38. The summed E-state index contributed by atoms with van der Waals surface area (Å²) < 4.78 is 20.3. The lowest BCUT2D eigenvalue weighted by atomic mass is 10.0. The number of nitrogens with zero attached hydrogens (tertiary/aromatic N) is 1. The van der Waals surface area contributed by atoms with Gasteiger partial charge in [0, 0.05) is 0 Å². The molecular weight excluding hydrogens is 452 g/mol. The van der Waals surface area contributed by atoms with Crippen LogP contribution < -0.4 is 4.74 Å². The summed E-state index contributed by atoms with van der Waals surface area (Å²) in [5.41, 5.74) is 4.16. The van der Waals surface area contributed by atoms with Crippen molar-refractivity contribution >= 4 is 34.2 Å². The van der Waals surface area contributed by atoms with Gasteiger partial charge in [-0.05, 0) is 76.5 Å². The molecule has 0 bridgehead atoms. The molecule has 2 nitrogen and oxygen atoms in total. The van der Waals surface area contributed by atoms with Crippen molar-refractivity contribution in [1.82, 2.24) is 0 Å². The summed E-state index contributed by atoms with van der Waals surface area (Å²) in [5, 5.41) is 9.42. The van der Waals surface area contributed by atoms with Gasteiger partial charge in [0.25, 0.3) is 0 Å². The summed E-state index contributed by atoms with van der Waals surface area (Å²) in [6, 6.07) is 22.1. The summed E-state index contributed by atoms with van der Waals surface area (Å²) in [4.78, 5) is 0. The van der Waals surface area contributed by atoms with Crippen molar-refractivity contribution in [3.63, 3.8) is 0 Å². The highest BCUT2D eigenvalue weighted by atomic mass is 127. The Balaban J connectivity index is 1.78. The van der Waals surface area contributed by atoms with Gasteiger partial charge in [0.15, 0.2) is 0 Å². The van der Waals surface area contributed by atoms with Crippen LogP contribution in [-0.4, -0.2) is 0 Å². The minimum absolute atomic E-state index is 0.358.